The molecule has 0 bridgehead atoms. The van der Waals surface area contributed by atoms with Crippen LogP contribution in [0, 0.1) is 11.3 Å². The van der Waals surface area contributed by atoms with Crippen molar-refractivity contribution in [1.29, 1.82) is 5.26 Å². The van der Waals surface area contributed by atoms with Gasteiger partial charge in [0.2, 0.25) is 10.1 Å². The third-order valence-corrected chi connectivity index (χ3v) is 2.05. The zero-order valence-corrected chi connectivity index (χ0v) is 5.35. The third-order valence-electron chi connectivity index (χ3n) is 0.908. The van der Waals surface area contributed by atoms with Crippen molar-refractivity contribution < 1.29 is 12.9 Å². The first-order chi connectivity index (χ1) is 4.17. The molecule has 1 aliphatic heterocycles. The molecule has 1 unspecified atom stereocenters. The van der Waals surface area contributed by atoms with Crippen molar-refractivity contribution >= 4 is 15.1 Å². The first kappa shape index (κ1) is 6.55. The Labute approximate surface area is 53.1 Å². The van der Waals surface area contributed by atoms with Gasteiger partial charge in [-0.2, -0.15) is 5.26 Å². The van der Waals surface area contributed by atoms with E-state index in [1.165, 1.54) is 0 Å². The summed E-state index contributed by atoms with van der Waals surface area (Å²) in [4.78, 5) is 0. The van der Waals surface area contributed by atoms with E-state index < -0.39 is 10.1 Å². The summed E-state index contributed by atoms with van der Waals surface area (Å²) < 4.78 is 23.1. The lowest BCUT2D eigenvalue weighted by atomic mass is 10.4. The molecule has 9 heavy (non-hydrogen) atoms. The van der Waals surface area contributed by atoms with Gasteiger partial charge >= 0.3 is 0 Å². The van der Waals surface area contributed by atoms with E-state index in [4.69, 9.17) is 9.81 Å². The SMILES string of the molecule is N#CCCC1=S(=O)(O)O1. The fourth-order valence-corrected chi connectivity index (χ4v) is 1.27. The van der Waals surface area contributed by atoms with Gasteiger partial charge in [-0.05, 0) is 0 Å². The highest BCUT2D eigenvalue weighted by Gasteiger charge is 2.30. The number of nitrogens with zero attached hydrogens (tertiary/aromatic N) is 1. The standard InChI is InChI=1S/C4H5NO3S/c5-3-1-2-4-8-9(4,6)7/h1-2H2,(H,6,7). The van der Waals surface area contributed by atoms with Gasteiger partial charge in [0.15, 0.2) is 5.05 Å². The van der Waals surface area contributed by atoms with E-state index in [-0.39, 0.29) is 17.9 Å². The van der Waals surface area contributed by atoms with Crippen LogP contribution in [0.1, 0.15) is 12.8 Å². The zero-order valence-electron chi connectivity index (χ0n) is 4.53. The number of hydrogen-bond donors (Lipinski definition) is 1. The largest absolute Gasteiger partial charge is 0.291 e. The van der Waals surface area contributed by atoms with Crippen molar-refractivity contribution in [2.75, 3.05) is 0 Å². The normalized spacial score (nSPS) is 31.8. The molecule has 0 aromatic rings. The Morgan fingerprint density at radius 2 is 2.44 bits per heavy atom. The van der Waals surface area contributed by atoms with Gasteiger partial charge < -0.3 is 0 Å². The molecule has 0 spiro atoms. The highest BCUT2D eigenvalue weighted by atomic mass is 32.3. The molecule has 0 amide bonds. The van der Waals surface area contributed by atoms with Gasteiger partial charge in [0.1, 0.15) is 0 Å². The maximum absolute atomic E-state index is 10.3. The maximum Gasteiger partial charge on any atom is 0.235 e. The smallest absolute Gasteiger partial charge is 0.235 e. The second kappa shape index (κ2) is 1.99. The summed E-state index contributed by atoms with van der Waals surface area (Å²) in [5.41, 5.74) is 0. The molecule has 5 heteroatoms. The van der Waals surface area contributed by atoms with E-state index in [1.807, 2.05) is 6.07 Å². The lowest BCUT2D eigenvalue weighted by molar-refractivity contribution is 0.492. The van der Waals surface area contributed by atoms with Crippen LogP contribution in [0.2, 0.25) is 0 Å². The molecule has 0 aromatic carbocycles. The Balaban J connectivity index is 2.45. The van der Waals surface area contributed by atoms with Crippen LogP contribution in [0.15, 0.2) is 0 Å². The summed E-state index contributed by atoms with van der Waals surface area (Å²) in [6.07, 6.45) is 0.527. The average molecular weight is 147 g/mol. The van der Waals surface area contributed by atoms with Gasteiger partial charge in [-0.25, -0.2) is 8.39 Å². The average Bonchev–Trinajstić information content (AvgIpc) is 2.35. The van der Waals surface area contributed by atoms with E-state index >= 15 is 0 Å². The van der Waals surface area contributed by atoms with Crippen molar-refractivity contribution in [3.05, 3.63) is 0 Å². The van der Waals surface area contributed by atoms with Crippen molar-refractivity contribution in [2.45, 2.75) is 12.8 Å². The minimum absolute atomic E-state index is 0.157. The highest BCUT2D eigenvalue weighted by Crippen LogP contribution is 2.15. The predicted molar refractivity (Wildman–Crippen MR) is 31.7 cm³/mol. The molecule has 1 atom stereocenters. The molecule has 1 aliphatic rings. The first-order valence-corrected chi connectivity index (χ1v) is 3.79. The Morgan fingerprint density at radius 3 is 2.78 bits per heavy atom. The minimum atomic E-state index is -3.01. The van der Waals surface area contributed by atoms with Crippen LogP contribution in [-0.2, 0) is 14.3 Å². The highest BCUT2D eigenvalue weighted by molar-refractivity contribution is 7.99. The van der Waals surface area contributed by atoms with Gasteiger partial charge in [0, 0.05) is 12.8 Å². The molecular weight excluding hydrogens is 142 g/mol. The molecule has 0 aliphatic carbocycles. The molecule has 1 heterocycles. The molecule has 0 fully saturated rings. The van der Waals surface area contributed by atoms with Gasteiger partial charge in [-0.15, -0.1) is 0 Å². The fourth-order valence-electron chi connectivity index (χ4n) is 0.438. The van der Waals surface area contributed by atoms with Gasteiger partial charge in [-0.1, -0.05) is 0 Å². The molecule has 1 rings (SSSR count). The van der Waals surface area contributed by atoms with Crippen molar-refractivity contribution in [3.8, 4) is 6.07 Å². The van der Waals surface area contributed by atoms with Crippen LogP contribution in [0.5, 0.6) is 0 Å². The molecular formula is C4H5NO3S. The van der Waals surface area contributed by atoms with Crippen LogP contribution in [0.3, 0.4) is 0 Å². The summed E-state index contributed by atoms with van der Waals surface area (Å²) >= 11 is 0. The van der Waals surface area contributed by atoms with Gasteiger partial charge in [-0.3, -0.25) is 4.55 Å². The van der Waals surface area contributed by atoms with Crippen LogP contribution < -0.4 is 0 Å². The molecule has 0 saturated heterocycles. The van der Waals surface area contributed by atoms with Crippen molar-refractivity contribution in [3.63, 3.8) is 0 Å². The van der Waals surface area contributed by atoms with Gasteiger partial charge in [0.05, 0.1) is 6.07 Å². The summed E-state index contributed by atoms with van der Waals surface area (Å²) in [6, 6.07) is 1.84. The van der Waals surface area contributed by atoms with Crippen LogP contribution in [-0.4, -0.2) is 13.8 Å². The Morgan fingerprint density at radius 1 is 1.89 bits per heavy atom. The first-order valence-electron chi connectivity index (χ1n) is 2.35. The molecule has 0 aromatic heterocycles. The lowest BCUT2D eigenvalue weighted by Crippen LogP contribution is -1.79. The molecule has 0 saturated carbocycles. The quantitative estimate of drug-likeness (QED) is 0.563. The number of nitriles is 1. The van der Waals surface area contributed by atoms with E-state index in [2.05, 4.69) is 4.18 Å². The molecule has 1 N–H and O–H groups in total. The summed E-state index contributed by atoms with van der Waals surface area (Å²) in [7, 11) is -3.01. The van der Waals surface area contributed by atoms with Crippen LogP contribution >= 0.6 is 0 Å². The van der Waals surface area contributed by atoms with Crippen LogP contribution in [0.4, 0.5) is 0 Å². The van der Waals surface area contributed by atoms with E-state index in [0.717, 1.165) is 0 Å². The fraction of sp³-hybridized carbons (Fsp3) is 0.500. The Hall–Kier alpha value is -0.570. The maximum atomic E-state index is 10.3. The Kier molecular flexibility index (Phi) is 1.45. The number of rotatable bonds is 2. The van der Waals surface area contributed by atoms with E-state index in [0.29, 0.717) is 0 Å². The summed E-state index contributed by atoms with van der Waals surface area (Å²) in [5.74, 6) is 0. The van der Waals surface area contributed by atoms with Crippen LogP contribution in [0.25, 0.3) is 0 Å². The summed E-state index contributed by atoms with van der Waals surface area (Å²) in [6.45, 7) is 0. The monoisotopic (exact) mass is 147 g/mol. The molecule has 50 valence electrons. The van der Waals surface area contributed by atoms with Gasteiger partial charge in [0.25, 0.3) is 0 Å². The zero-order chi connectivity index (χ0) is 6.91. The van der Waals surface area contributed by atoms with Crippen molar-refractivity contribution in [1.82, 2.24) is 0 Å². The molecule has 4 nitrogen and oxygen atoms in total. The lowest BCUT2D eigenvalue weighted by Gasteiger charge is -1.71. The topological polar surface area (TPSA) is 73.6 Å². The summed E-state index contributed by atoms with van der Waals surface area (Å²) in [5, 5.41) is 8.18. The third kappa shape index (κ3) is 1.42. The van der Waals surface area contributed by atoms with Crippen molar-refractivity contribution in [2.24, 2.45) is 0 Å². The second-order valence-corrected chi connectivity index (χ2v) is 3.16. The van der Waals surface area contributed by atoms with E-state index in [1.54, 1.807) is 0 Å². The Bertz CT molecular complexity index is 268. The number of hydrogen-bond acceptors (Lipinski definition) is 3. The predicted octanol–water partition coefficient (Wildman–Crippen LogP) is 0.123. The molecule has 0 radical (unpaired) electrons. The second-order valence-electron chi connectivity index (χ2n) is 1.59. The minimum Gasteiger partial charge on any atom is -0.291 e. The van der Waals surface area contributed by atoms with E-state index in [9.17, 15) is 4.21 Å².